The fourth-order valence-corrected chi connectivity index (χ4v) is 3.49. The van der Waals surface area contributed by atoms with Crippen LogP contribution >= 0.6 is 11.6 Å². The van der Waals surface area contributed by atoms with Crippen LogP contribution in [0.3, 0.4) is 0 Å². The average Bonchev–Trinajstić information content (AvgIpc) is 3.41. The van der Waals surface area contributed by atoms with Crippen molar-refractivity contribution in [1.29, 1.82) is 0 Å². The molecule has 0 saturated heterocycles. The third-order valence-electron chi connectivity index (χ3n) is 4.72. The minimum absolute atomic E-state index is 0.119. The molecular weight excluding hydrogens is 390 g/mol. The fraction of sp³-hybridized carbons (Fsp3) is 0.0952. The summed E-state index contributed by atoms with van der Waals surface area (Å²) in [5.74, 6) is 1.77. The van der Waals surface area contributed by atoms with Crippen LogP contribution in [0.4, 0.5) is 5.69 Å². The number of nitrogens with one attached hydrogen (secondary N) is 1. The SMILES string of the molecule is OCc1ccc(-c2cccc(NCc3nc4nncn4c4cc(Cl)ccc34)c2)o1. The van der Waals surface area contributed by atoms with Crippen molar-refractivity contribution >= 4 is 34.0 Å². The molecule has 0 fully saturated rings. The Bertz CT molecular complexity index is 1330. The van der Waals surface area contributed by atoms with Gasteiger partial charge in [0, 0.05) is 21.7 Å². The molecule has 0 aliphatic rings. The number of aromatic nitrogens is 4. The molecule has 0 spiro atoms. The van der Waals surface area contributed by atoms with Crippen LogP contribution in [0.1, 0.15) is 11.5 Å². The zero-order valence-electron chi connectivity index (χ0n) is 15.2. The molecule has 0 bridgehead atoms. The highest BCUT2D eigenvalue weighted by Crippen LogP contribution is 2.26. The number of fused-ring (bicyclic) bond motifs is 3. The molecule has 3 aromatic heterocycles. The Morgan fingerprint density at radius 1 is 1.10 bits per heavy atom. The summed E-state index contributed by atoms with van der Waals surface area (Å²) in [5, 5.41) is 22.3. The Morgan fingerprint density at radius 3 is 2.90 bits per heavy atom. The van der Waals surface area contributed by atoms with Crippen LogP contribution in [0.15, 0.2) is 65.3 Å². The molecule has 2 aromatic carbocycles. The smallest absolute Gasteiger partial charge is 0.255 e. The largest absolute Gasteiger partial charge is 0.459 e. The molecule has 5 rings (SSSR count). The Kier molecular flexibility index (Phi) is 4.38. The summed E-state index contributed by atoms with van der Waals surface area (Å²) in [5.41, 5.74) is 3.61. The van der Waals surface area contributed by atoms with Crippen molar-refractivity contribution in [2.75, 3.05) is 5.32 Å². The van der Waals surface area contributed by atoms with Crippen LogP contribution in [0.25, 0.3) is 28.0 Å². The lowest BCUT2D eigenvalue weighted by Crippen LogP contribution is -2.05. The Morgan fingerprint density at radius 2 is 2.03 bits per heavy atom. The number of rotatable bonds is 5. The lowest BCUT2D eigenvalue weighted by molar-refractivity contribution is 0.248. The summed E-state index contributed by atoms with van der Waals surface area (Å²) in [6, 6.07) is 17.2. The van der Waals surface area contributed by atoms with Crippen molar-refractivity contribution in [2.24, 2.45) is 0 Å². The number of furan rings is 1. The first-order chi connectivity index (χ1) is 14.2. The van der Waals surface area contributed by atoms with Gasteiger partial charge < -0.3 is 14.8 Å². The van der Waals surface area contributed by atoms with Crippen LogP contribution in [0.2, 0.25) is 5.02 Å². The van der Waals surface area contributed by atoms with E-state index >= 15 is 0 Å². The summed E-state index contributed by atoms with van der Waals surface area (Å²) in [6.45, 7) is 0.386. The zero-order valence-corrected chi connectivity index (χ0v) is 16.0. The lowest BCUT2D eigenvalue weighted by atomic mass is 10.1. The van der Waals surface area contributed by atoms with E-state index in [2.05, 4.69) is 20.5 Å². The van der Waals surface area contributed by atoms with E-state index in [4.69, 9.17) is 16.0 Å². The summed E-state index contributed by atoms with van der Waals surface area (Å²) >= 11 is 6.18. The highest BCUT2D eigenvalue weighted by molar-refractivity contribution is 6.31. The molecule has 0 amide bonds. The maximum Gasteiger partial charge on any atom is 0.255 e. The number of aliphatic hydroxyl groups excluding tert-OH is 1. The predicted molar refractivity (Wildman–Crippen MR) is 111 cm³/mol. The third-order valence-corrected chi connectivity index (χ3v) is 4.95. The molecule has 0 saturated carbocycles. The van der Waals surface area contributed by atoms with Crippen LogP contribution in [0.5, 0.6) is 0 Å². The lowest BCUT2D eigenvalue weighted by Gasteiger charge is -2.11. The van der Waals surface area contributed by atoms with Crippen molar-refractivity contribution < 1.29 is 9.52 Å². The highest BCUT2D eigenvalue weighted by atomic mass is 35.5. The molecule has 7 nitrogen and oxygen atoms in total. The number of aliphatic hydroxyl groups is 1. The number of halogens is 1. The van der Waals surface area contributed by atoms with Gasteiger partial charge >= 0.3 is 0 Å². The first-order valence-corrected chi connectivity index (χ1v) is 9.41. The van der Waals surface area contributed by atoms with Gasteiger partial charge in [-0.3, -0.25) is 4.40 Å². The monoisotopic (exact) mass is 405 g/mol. The molecule has 5 aromatic rings. The van der Waals surface area contributed by atoms with Crippen LogP contribution in [-0.2, 0) is 13.2 Å². The van der Waals surface area contributed by atoms with Gasteiger partial charge in [-0.2, -0.15) is 0 Å². The molecule has 0 unspecified atom stereocenters. The van der Waals surface area contributed by atoms with Crippen molar-refractivity contribution in [3.8, 4) is 11.3 Å². The molecule has 29 heavy (non-hydrogen) atoms. The van der Waals surface area contributed by atoms with E-state index in [1.54, 1.807) is 12.4 Å². The number of benzene rings is 2. The van der Waals surface area contributed by atoms with Crippen molar-refractivity contribution in [3.63, 3.8) is 0 Å². The molecule has 0 aliphatic carbocycles. The molecule has 3 heterocycles. The second-order valence-electron chi connectivity index (χ2n) is 6.58. The maximum absolute atomic E-state index is 9.19. The van der Waals surface area contributed by atoms with E-state index < -0.39 is 0 Å². The van der Waals surface area contributed by atoms with E-state index in [0.29, 0.717) is 28.9 Å². The summed E-state index contributed by atoms with van der Waals surface area (Å²) in [4.78, 5) is 4.64. The molecule has 144 valence electrons. The van der Waals surface area contributed by atoms with Gasteiger partial charge in [-0.05, 0) is 42.5 Å². The third kappa shape index (κ3) is 3.30. The second-order valence-corrected chi connectivity index (χ2v) is 7.02. The van der Waals surface area contributed by atoms with Crippen molar-refractivity contribution in [2.45, 2.75) is 13.2 Å². The van der Waals surface area contributed by atoms with Gasteiger partial charge in [-0.25, -0.2) is 4.98 Å². The number of nitrogens with zero attached hydrogens (tertiary/aromatic N) is 4. The Hall–Kier alpha value is -3.42. The standard InChI is InChI=1S/C21H16ClN5O2/c22-14-4-6-17-18(25-21-26-24-12-27(21)19(17)9-14)10-23-15-3-1-2-13(8-15)20-7-5-16(11-28)29-20/h1-9,12,23,28H,10-11H2. The zero-order chi connectivity index (χ0) is 19.8. The van der Waals surface area contributed by atoms with Crippen LogP contribution < -0.4 is 5.32 Å². The minimum atomic E-state index is -0.119. The highest BCUT2D eigenvalue weighted by Gasteiger charge is 2.11. The summed E-state index contributed by atoms with van der Waals surface area (Å²) < 4.78 is 7.44. The first kappa shape index (κ1) is 17.7. The number of hydrogen-bond acceptors (Lipinski definition) is 6. The Labute approximate surface area is 170 Å². The van der Waals surface area contributed by atoms with Gasteiger partial charge in [0.05, 0.1) is 17.8 Å². The summed E-state index contributed by atoms with van der Waals surface area (Å²) in [6.07, 6.45) is 1.63. The normalized spacial score (nSPS) is 11.4. The quantitative estimate of drug-likeness (QED) is 0.453. The first-order valence-electron chi connectivity index (χ1n) is 9.03. The van der Waals surface area contributed by atoms with E-state index in [9.17, 15) is 5.11 Å². The number of hydrogen-bond donors (Lipinski definition) is 2. The number of anilines is 1. The minimum Gasteiger partial charge on any atom is -0.459 e. The fourth-order valence-electron chi connectivity index (χ4n) is 3.33. The van der Waals surface area contributed by atoms with Crippen molar-refractivity contribution in [1.82, 2.24) is 19.6 Å². The predicted octanol–water partition coefficient (Wildman–Crippen LogP) is 4.30. The molecule has 2 N–H and O–H groups in total. The van der Waals surface area contributed by atoms with Gasteiger partial charge in [0.2, 0.25) is 0 Å². The average molecular weight is 406 g/mol. The molecular formula is C21H16ClN5O2. The van der Waals surface area contributed by atoms with E-state index in [0.717, 1.165) is 27.8 Å². The molecule has 8 heteroatoms. The van der Waals surface area contributed by atoms with E-state index in [1.165, 1.54) is 0 Å². The van der Waals surface area contributed by atoms with Gasteiger partial charge in [0.15, 0.2) is 0 Å². The van der Waals surface area contributed by atoms with Gasteiger partial charge in [-0.15, -0.1) is 10.2 Å². The second kappa shape index (κ2) is 7.20. The van der Waals surface area contributed by atoms with Crippen LogP contribution in [-0.4, -0.2) is 24.7 Å². The van der Waals surface area contributed by atoms with E-state index in [1.807, 2.05) is 52.9 Å². The van der Waals surface area contributed by atoms with Crippen LogP contribution in [0, 0.1) is 0 Å². The van der Waals surface area contributed by atoms with Gasteiger partial charge in [0.1, 0.15) is 24.5 Å². The maximum atomic E-state index is 9.19. The topological polar surface area (TPSA) is 88.5 Å². The molecule has 0 radical (unpaired) electrons. The van der Waals surface area contributed by atoms with Gasteiger partial charge in [0.25, 0.3) is 5.78 Å². The molecule has 0 atom stereocenters. The molecule has 0 aliphatic heterocycles. The van der Waals surface area contributed by atoms with E-state index in [-0.39, 0.29) is 6.61 Å². The Balaban J connectivity index is 1.47. The summed E-state index contributed by atoms with van der Waals surface area (Å²) in [7, 11) is 0. The van der Waals surface area contributed by atoms with Crippen molar-refractivity contribution in [3.05, 3.63) is 77.4 Å². The van der Waals surface area contributed by atoms with Gasteiger partial charge in [-0.1, -0.05) is 23.7 Å².